The molecule has 46 heavy (non-hydrogen) atoms. The van der Waals surface area contributed by atoms with E-state index in [9.17, 15) is 0 Å². The molecular formula is C30H74N2O8Si6. The van der Waals surface area contributed by atoms with Crippen molar-refractivity contribution in [2.45, 2.75) is 141 Å². The van der Waals surface area contributed by atoms with Crippen molar-refractivity contribution in [2.75, 3.05) is 52.7 Å². The third-order valence-electron chi connectivity index (χ3n) is 7.60. The summed E-state index contributed by atoms with van der Waals surface area (Å²) in [4.78, 5) is 0. The fourth-order valence-corrected chi connectivity index (χ4v) is 34.0. The Hall–Kier alpha value is 0.901. The van der Waals surface area contributed by atoms with E-state index in [0.29, 0.717) is 12.2 Å². The average molecular weight is 759 g/mol. The first kappa shape index (κ1) is 44.9. The monoisotopic (exact) mass is 758 g/mol. The van der Waals surface area contributed by atoms with E-state index >= 15 is 0 Å². The van der Waals surface area contributed by atoms with Crippen LogP contribution in [-0.4, -0.2) is 115 Å². The van der Waals surface area contributed by atoms with Crippen LogP contribution < -0.4 is 11.5 Å². The van der Waals surface area contributed by atoms with Crippen LogP contribution in [0, 0.1) is 0 Å². The Morgan fingerprint density at radius 1 is 0.478 bits per heavy atom. The SMILES string of the molecule is C[Si](C)(CCCN)O[Si](C)(C)O[Si](C)(C)CCCN.C[Si](C)(CCCOCC1CO1)O[Si](C)(C)O[Si](C)(C)CCCOCC1CO1. The van der Waals surface area contributed by atoms with Gasteiger partial charge in [0.15, 0.2) is 33.3 Å². The minimum atomic E-state index is -2.13. The molecule has 2 saturated heterocycles. The van der Waals surface area contributed by atoms with Crippen LogP contribution in [0.3, 0.4) is 0 Å². The van der Waals surface area contributed by atoms with Crippen LogP contribution in [0.4, 0.5) is 0 Å². The largest absolute Gasteiger partial charge is 0.437 e. The predicted octanol–water partition coefficient (Wildman–Crippen LogP) is 6.57. The zero-order valence-electron chi connectivity index (χ0n) is 31.9. The molecule has 0 amide bonds. The van der Waals surface area contributed by atoms with E-state index in [1.54, 1.807) is 0 Å². The summed E-state index contributed by atoms with van der Waals surface area (Å²) in [5.41, 5.74) is 11.2. The predicted molar refractivity (Wildman–Crippen MR) is 206 cm³/mol. The van der Waals surface area contributed by atoms with Gasteiger partial charge in [0, 0.05) is 13.2 Å². The summed E-state index contributed by atoms with van der Waals surface area (Å²) < 4.78 is 47.8. The summed E-state index contributed by atoms with van der Waals surface area (Å²) in [7, 11) is -10.9. The fraction of sp³-hybridized carbons (Fsp3) is 1.00. The second-order valence-corrected chi connectivity index (χ2v) is 41.2. The molecule has 10 nitrogen and oxygen atoms in total. The molecule has 2 fully saturated rings. The van der Waals surface area contributed by atoms with E-state index in [0.717, 1.165) is 103 Å². The minimum Gasteiger partial charge on any atom is -0.437 e. The quantitative estimate of drug-likeness (QED) is 0.0567. The summed E-state index contributed by atoms with van der Waals surface area (Å²) in [6, 6.07) is 4.46. The number of hydrogen-bond donors (Lipinski definition) is 2. The maximum Gasteiger partial charge on any atom is 0.311 e. The first-order valence-electron chi connectivity index (χ1n) is 17.7. The zero-order valence-corrected chi connectivity index (χ0v) is 37.9. The molecule has 4 N–H and O–H groups in total. The molecule has 2 aliphatic rings. The number of epoxide rings is 2. The first-order valence-corrected chi connectivity index (χ1v) is 35.8. The van der Waals surface area contributed by atoms with E-state index in [-0.39, 0.29) is 0 Å². The summed E-state index contributed by atoms with van der Waals surface area (Å²) in [5.74, 6) is 0. The highest BCUT2D eigenvalue weighted by Crippen LogP contribution is 2.27. The number of nitrogens with two attached hydrogens (primary N) is 2. The van der Waals surface area contributed by atoms with E-state index < -0.39 is 50.4 Å². The smallest absolute Gasteiger partial charge is 0.311 e. The van der Waals surface area contributed by atoms with Crippen molar-refractivity contribution < 1.29 is 35.4 Å². The van der Waals surface area contributed by atoms with Gasteiger partial charge in [-0.2, -0.15) is 0 Å². The molecule has 0 aliphatic carbocycles. The summed E-state index contributed by atoms with van der Waals surface area (Å²) in [5, 5.41) is 0. The van der Waals surface area contributed by atoms with Gasteiger partial charge in [-0.15, -0.1) is 0 Å². The van der Waals surface area contributed by atoms with Crippen molar-refractivity contribution in [3.8, 4) is 0 Å². The van der Waals surface area contributed by atoms with Crippen molar-refractivity contribution in [3.63, 3.8) is 0 Å². The molecule has 16 heteroatoms. The standard InChI is InChI=1S/C18H40O6Si3.C12H34N2O2Si3/c1-25(2,11-7-9-19-13-17-15-21-17)23-27(5,6)24-26(3,4)12-8-10-20-14-18-16-22-18;1-17(2,11-7-9-13)15-19(5,6)16-18(3,4)12-8-10-14/h17-18H,7-16H2,1-6H3;7-14H2,1-6H3. The van der Waals surface area contributed by atoms with Gasteiger partial charge in [0.05, 0.1) is 26.4 Å². The van der Waals surface area contributed by atoms with E-state index in [4.69, 9.17) is 46.9 Å². The number of ether oxygens (including phenoxy) is 4. The van der Waals surface area contributed by atoms with Crippen LogP contribution in [0.2, 0.25) is 103 Å². The lowest BCUT2D eigenvalue weighted by molar-refractivity contribution is 0.116. The molecule has 2 unspecified atom stereocenters. The minimum absolute atomic E-state index is 0.353. The van der Waals surface area contributed by atoms with Crippen LogP contribution in [0.5, 0.6) is 0 Å². The van der Waals surface area contributed by atoms with Crippen molar-refractivity contribution >= 4 is 50.4 Å². The van der Waals surface area contributed by atoms with Gasteiger partial charge >= 0.3 is 17.1 Å². The zero-order chi connectivity index (χ0) is 35.1. The van der Waals surface area contributed by atoms with E-state index in [1.165, 1.54) is 0 Å². The Morgan fingerprint density at radius 3 is 0.978 bits per heavy atom. The third-order valence-corrected chi connectivity index (χ3v) is 30.5. The van der Waals surface area contributed by atoms with Gasteiger partial charge in [-0.25, -0.2) is 0 Å². The van der Waals surface area contributed by atoms with Crippen molar-refractivity contribution in [3.05, 3.63) is 0 Å². The van der Waals surface area contributed by atoms with E-state index in [2.05, 4.69) is 78.6 Å². The Kier molecular flexibility index (Phi) is 20.2. The molecular weight excluding hydrogens is 685 g/mol. The molecule has 2 heterocycles. The van der Waals surface area contributed by atoms with Crippen LogP contribution in [0.15, 0.2) is 0 Å². The second kappa shape index (κ2) is 20.7. The molecule has 0 aromatic heterocycles. The summed E-state index contributed by atoms with van der Waals surface area (Å²) in [6.07, 6.45) is 4.92. The molecule has 276 valence electrons. The molecule has 2 rings (SSSR count). The third kappa shape index (κ3) is 24.9. The Labute approximate surface area is 289 Å². The Morgan fingerprint density at radius 2 is 0.739 bits per heavy atom. The summed E-state index contributed by atoms with van der Waals surface area (Å²) >= 11 is 0. The molecule has 0 aromatic rings. The highest BCUT2D eigenvalue weighted by molar-refractivity contribution is 6.88. The lowest BCUT2D eigenvalue weighted by Gasteiger charge is -2.38. The molecule has 2 aliphatic heterocycles. The molecule has 0 aromatic carbocycles. The topological polar surface area (TPSA) is 132 Å². The average Bonchev–Trinajstić information content (AvgIpc) is 3.79. The lowest BCUT2D eigenvalue weighted by atomic mass is 10.5. The fourth-order valence-electron chi connectivity index (χ4n) is 5.92. The Bertz CT molecular complexity index is 769. The van der Waals surface area contributed by atoms with Crippen LogP contribution in [0.1, 0.15) is 25.7 Å². The van der Waals surface area contributed by atoms with Gasteiger partial charge in [0.25, 0.3) is 0 Å². The van der Waals surface area contributed by atoms with E-state index in [1.807, 2.05) is 0 Å². The normalized spacial score (nSPS) is 19.2. The molecule has 0 bridgehead atoms. The highest BCUT2D eigenvalue weighted by Gasteiger charge is 2.40. The van der Waals surface area contributed by atoms with Crippen molar-refractivity contribution in [2.24, 2.45) is 11.5 Å². The van der Waals surface area contributed by atoms with Gasteiger partial charge in [0.2, 0.25) is 0 Å². The van der Waals surface area contributed by atoms with Crippen molar-refractivity contribution in [1.82, 2.24) is 0 Å². The first-order chi connectivity index (χ1) is 21.1. The number of hydrogen-bond acceptors (Lipinski definition) is 10. The molecule has 2 atom stereocenters. The van der Waals surface area contributed by atoms with Gasteiger partial charge in [0.1, 0.15) is 12.2 Å². The molecule has 0 spiro atoms. The maximum absolute atomic E-state index is 6.63. The van der Waals surface area contributed by atoms with Gasteiger partial charge in [-0.05, 0) is 142 Å². The van der Waals surface area contributed by atoms with Gasteiger partial charge in [-0.3, -0.25) is 0 Å². The Balaban J connectivity index is 0.000000492. The van der Waals surface area contributed by atoms with Gasteiger partial charge in [-0.1, -0.05) is 0 Å². The number of rotatable bonds is 26. The maximum atomic E-state index is 6.63. The van der Waals surface area contributed by atoms with Crippen LogP contribution in [0.25, 0.3) is 0 Å². The molecule has 0 radical (unpaired) electrons. The van der Waals surface area contributed by atoms with Gasteiger partial charge < -0.3 is 46.9 Å². The van der Waals surface area contributed by atoms with Crippen LogP contribution in [-0.2, 0) is 35.4 Å². The summed E-state index contributed by atoms with van der Waals surface area (Å²) in [6.45, 7) is 33.4. The lowest BCUT2D eigenvalue weighted by Crippen LogP contribution is -2.52. The van der Waals surface area contributed by atoms with Crippen LogP contribution >= 0.6 is 0 Å². The highest BCUT2D eigenvalue weighted by atomic mass is 28.5. The molecule has 0 saturated carbocycles. The van der Waals surface area contributed by atoms with Crippen molar-refractivity contribution in [1.29, 1.82) is 0 Å². The second-order valence-electron chi connectivity index (χ2n) is 16.3.